The van der Waals surface area contributed by atoms with Gasteiger partial charge in [-0.25, -0.2) is 0 Å². The highest BCUT2D eigenvalue weighted by molar-refractivity contribution is 5.65. The monoisotopic (exact) mass is 196 g/mol. The Bertz CT molecular complexity index is 243. The minimum Gasteiger partial charge on any atom is -0.466 e. The average Bonchev–Trinajstić information content (AvgIpc) is 2.01. The minimum atomic E-state index is -0.171. The summed E-state index contributed by atoms with van der Waals surface area (Å²) in [5.41, 5.74) is 1.46. The van der Waals surface area contributed by atoms with E-state index in [0.717, 1.165) is 6.42 Å². The van der Waals surface area contributed by atoms with Gasteiger partial charge in [0.2, 0.25) is 0 Å². The average molecular weight is 196 g/mol. The molecule has 80 valence electrons. The van der Waals surface area contributed by atoms with Gasteiger partial charge >= 0.3 is 5.97 Å². The molecule has 0 heterocycles. The molecule has 0 amide bonds. The second kappa shape index (κ2) is 4.63. The first-order valence-corrected chi connectivity index (χ1v) is 5.31. The van der Waals surface area contributed by atoms with Crippen LogP contribution in [0.25, 0.3) is 0 Å². The summed E-state index contributed by atoms with van der Waals surface area (Å²) in [5, 5.41) is 0. The van der Waals surface area contributed by atoms with Crippen LogP contribution in [0.4, 0.5) is 0 Å². The van der Waals surface area contributed by atoms with Crippen LogP contribution in [0.3, 0.4) is 0 Å². The van der Waals surface area contributed by atoms with Gasteiger partial charge in [0, 0.05) is 12.8 Å². The molecule has 0 fully saturated rings. The highest BCUT2D eigenvalue weighted by atomic mass is 16.5. The predicted octanol–water partition coefficient (Wildman–Crippen LogP) is 2.79. The molecule has 0 saturated heterocycles. The van der Waals surface area contributed by atoms with Crippen molar-refractivity contribution in [1.29, 1.82) is 0 Å². The molecule has 0 radical (unpaired) electrons. The van der Waals surface area contributed by atoms with Crippen LogP contribution in [0.1, 0.15) is 34.1 Å². The van der Waals surface area contributed by atoms with Gasteiger partial charge in [0.1, 0.15) is 0 Å². The molecule has 2 heteroatoms. The van der Waals surface area contributed by atoms with E-state index in [1.54, 1.807) is 0 Å². The van der Waals surface area contributed by atoms with Gasteiger partial charge in [-0.05, 0) is 25.2 Å². The molecule has 0 aromatic rings. The van der Waals surface area contributed by atoms with Crippen LogP contribution in [-0.4, -0.2) is 12.6 Å². The maximum absolute atomic E-state index is 10.7. The van der Waals surface area contributed by atoms with Crippen molar-refractivity contribution < 1.29 is 9.53 Å². The Labute approximate surface area is 86.3 Å². The number of hydrogen-bond acceptors (Lipinski definition) is 2. The maximum Gasteiger partial charge on any atom is 0.302 e. The number of carbonyl (C=O) groups excluding carboxylic acids is 1. The Kier molecular flexibility index (Phi) is 3.73. The van der Waals surface area contributed by atoms with Gasteiger partial charge in [-0.1, -0.05) is 25.5 Å². The first-order chi connectivity index (χ1) is 6.50. The van der Waals surface area contributed by atoms with Crippen LogP contribution in [0, 0.1) is 17.8 Å². The second-order valence-corrected chi connectivity index (χ2v) is 4.52. The number of rotatable bonds is 2. The highest BCUT2D eigenvalue weighted by Crippen LogP contribution is 2.33. The second-order valence-electron chi connectivity index (χ2n) is 4.52. The lowest BCUT2D eigenvalue weighted by atomic mass is 9.75. The van der Waals surface area contributed by atoms with Gasteiger partial charge in [-0.3, -0.25) is 4.79 Å². The third-order valence-electron chi connectivity index (χ3n) is 3.08. The summed E-state index contributed by atoms with van der Waals surface area (Å²) in [6.07, 6.45) is 3.43. The first-order valence-electron chi connectivity index (χ1n) is 5.31. The van der Waals surface area contributed by atoms with Crippen molar-refractivity contribution in [3.05, 3.63) is 11.6 Å². The largest absolute Gasteiger partial charge is 0.466 e. The van der Waals surface area contributed by atoms with E-state index in [0.29, 0.717) is 24.4 Å². The fraction of sp³-hybridized carbons (Fsp3) is 0.750. The number of allylic oxidation sites excluding steroid dienone is 2. The van der Waals surface area contributed by atoms with Crippen molar-refractivity contribution in [2.24, 2.45) is 17.8 Å². The molecule has 0 aliphatic heterocycles. The van der Waals surface area contributed by atoms with E-state index in [9.17, 15) is 4.79 Å². The lowest BCUT2D eigenvalue weighted by molar-refractivity contribution is -0.143. The Morgan fingerprint density at radius 3 is 2.71 bits per heavy atom. The molecule has 0 bridgehead atoms. The molecule has 2 nitrogen and oxygen atoms in total. The molecule has 14 heavy (non-hydrogen) atoms. The van der Waals surface area contributed by atoms with Crippen molar-refractivity contribution in [2.45, 2.75) is 34.1 Å². The molecule has 3 unspecified atom stereocenters. The van der Waals surface area contributed by atoms with E-state index in [1.165, 1.54) is 12.5 Å². The van der Waals surface area contributed by atoms with Crippen LogP contribution in [0.2, 0.25) is 0 Å². The fourth-order valence-electron chi connectivity index (χ4n) is 2.35. The Hall–Kier alpha value is -0.790. The first kappa shape index (κ1) is 11.3. The summed E-state index contributed by atoms with van der Waals surface area (Å²) in [5.74, 6) is 1.46. The van der Waals surface area contributed by atoms with E-state index < -0.39 is 0 Å². The molecule has 0 N–H and O–H groups in total. The Morgan fingerprint density at radius 1 is 1.57 bits per heavy atom. The summed E-state index contributed by atoms with van der Waals surface area (Å²) in [6, 6.07) is 0. The standard InChI is InChI=1S/C12H20O2/c1-8-5-9(2)12(10(3)6-8)7-14-11(4)13/h5,9-10,12H,6-7H2,1-4H3. The molecule has 1 rings (SSSR count). The number of carbonyl (C=O) groups is 1. The normalized spacial score (nSPS) is 32.3. The van der Waals surface area contributed by atoms with Crippen LogP contribution in [-0.2, 0) is 9.53 Å². The van der Waals surface area contributed by atoms with Crippen LogP contribution < -0.4 is 0 Å². The van der Waals surface area contributed by atoms with Crippen molar-refractivity contribution in [3.63, 3.8) is 0 Å². The number of esters is 1. The highest BCUT2D eigenvalue weighted by Gasteiger charge is 2.27. The lowest BCUT2D eigenvalue weighted by Gasteiger charge is -2.32. The molecule has 3 atom stereocenters. The molecule has 1 aliphatic carbocycles. The SMILES string of the molecule is CC(=O)OCC1C(C)C=C(C)CC1C. The molecule has 0 aromatic heterocycles. The van der Waals surface area contributed by atoms with Gasteiger partial charge in [0.25, 0.3) is 0 Å². The minimum absolute atomic E-state index is 0.171. The van der Waals surface area contributed by atoms with E-state index in [1.807, 2.05) is 0 Å². The Morgan fingerprint density at radius 2 is 2.21 bits per heavy atom. The predicted molar refractivity (Wildman–Crippen MR) is 56.8 cm³/mol. The summed E-state index contributed by atoms with van der Waals surface area (Å²) >= 11 is 0. The molecule has 0 saturated carbocycles. The fourth-order valence-corrected chi connectivity index (χ4v) is 2.35. The van der Waals surface area contributed by atoms with Crippen molar-refractivity contribution in [2.75, 3.05) is 6.61 Å². The van der Waals surface area contributed by atoms with Gasteiger partial charge in [0.15, 0.2) is 0 Å². The van der Waals surface area contributed by atoms with Gasteiger partial charge in [-0.15, -0.1) is 0 Å². The summed E-state index contributed by atoms with van der Waals surface area (Å²) in [7, 11) is 0. The molecule has 0 spiro atoms. The summed E-state index contributed by atoms with van der Waals surface area (Å²) < 4.78 is 5.09. The van der Waals surface area contributed by atoms with Gasteiger partial charge < -0.3 is 4.74 Å². The topological polar surface area (TPSA) is 26.3 Å². The summed E-state index contributed by atoms with van der Waals surface area (Å²) in [6.45, 7) is 8.66. The van der Waals surface area contributed by atoms with Crippen molar-refractivity contribution in [1.82, 2.24) is 0 Å². The van der Waals surface area contributed by atoms with Gasteiger partial charge in [-0.2, -0.15) is 0 Å². The van der Waals surface area contributed by atoms with Crippen LogP contribution in [0.15, 0.2) is 11.6 Å². The third-order valence-corrected chi connectivity index (χ3v) is 3.08. The van der Waals surface area contributed by atoms with Crippen molar-refractivity contribution in [3.8, 4) is 0 Å². The molecule has 0 aromatic carbocycles. The van der Waals surface area contributed by atoms with Crippen LogP contribution in [0.5, 0.6) is 0 Å². The zero-order valence-corrected chi connectivity index (χ0v) is 9.54. The van der Waals surface area contributed by atoms with E-state index in [2.05, 4.69) is 26.8 Å². The number of ether oxygens (including phenoxy) is 1. The van der Waals surface area contributed by atoms with Crippen LogP contribution >= 0.6 is 0 Å². The zero-order valence-electron chi connectivity index (χ0n) is 9.54. The zero-order chi connectivity index (χ0) is 10.7. The van der Waals surface area contributed by atoms with E-state index in [-0.39, 0.29) is 5.97 Å². The number of hydrogen-bond donors (Lipinski definition) is 0. The Balaban J connectivity index is 2.55. The molecule has 1 aliphatic rings. The summed E-state index contributed by atoms with van der Waals surface area (Å²) in [4.78, 5) is 10.7. The quantitative estimate of drug-likeness (QED) is 0.501. The van der Waals surface area contributed by atoms with E-state index >= 15 is 0 Å². The van der Waals surface area contributed by atoms with Gasteiger partial charge in [0.05, 0.1) is 6.61 Å². The smallest absolute Gasteiger partial charge is 0.302 e. The third kappa shape index (κ3) is 2.86. The molecular weight excluding hydrogens is 176 g/mol. The maximum atomic E-state index is 10.7. The molecular formula is C12H20O2. The van der Waals surface area contributed by atoms with E-state index in [4.69, 9.17) is 4.74 Å². The lowest BCUT2D eigenvalue weighted by Crippen LogP contribution is -2.28. The van der Waals surface area contributed by atoms with Crippen molar-refractivity contribution >= 4 is 5.97 Å².